The molecule has 0 aliphatic carbocycles. The molecule has 4 nitrogen and oxygen atoms in total. The summed E-state index contributed by atoms with van der Waals surface area (Å²) < 4.78 is 0. The lowest BCUT2D eigenvalue weighted by molar-refractivity contribution is 0.0730. The van der Waals surface area contributed by atoms with Crippen molar-refractivity contribution in [2.45, 2.75) is 19.9 Å². The molecule has 0 saturated carbocycles. The van der Waals surface area contributed by atoms with Crippen molar-refractivity contribution in [3.8, 4) is 0 Å². The number of halogens is 1. The maximum atomic E-state index is 12.1. The number of aromatic nitrogens is 1. The van der Waals surface area contributed by atoms with Crippen molar-refractivity contribution in [2.24, 2.45) is 5.73 Å². The number of pyridine rings is 1. The molecule has 0 aliphatic rings. The summed E-state index contributed by atoms with van der Waals surface area (Å²) in [4.78, 5) is 18.0. The van der Waals surface area contributed by atoms with E-state index >= 15 is 0 Å². The highest BCUT2D eigenvalue weighted by molar-refractivity contribution is 7.80. The van der Waals surface area contributed by atoms with Crippen molar-refractivity contribution in [2.75, 3.05) is 6.54 Å². The minimum atomic E-state index is -0.204. The van der Waals surface area contributed by atoms with E-state index in [-0.39, 0.29) is 23.5 Å². The monoisotopic (exact) mass is 271 g/mol. The molecule has 17 heavy (non-hydrogen) atoms. The molecule has 1 amide bonds. The fourth-order valence-corrected chi connectivity index (χ4v) is 1.56. The van der Waals surface area contributed by atoms with Gasteiger partial charge in [0.15, 0.2) is 0 Å². The zero-order valence-corrected chi connectivity index (χ0v) is 11.3. The molecule has 1 heterocycles. The number of thiocarbonyl (C=S) groups is 1. The first-order valence-corrected chi connectivity index (χ1v) is 5.91. The number of nitrogens with zero attached hydrogens (tertiary/aromatic N) is 2. The van der Waals surface area contributed by atoms with Gasteiger partial charge in [-0.2, -0.15) is 0 Å². The van der Waals surface area contributed by atoms with Crippen LogP contribution in [0.1, 0.15) is 24.3 Å². The predicted octanol–water partition coefficient (Wildman–Crippen LogP) is 1.87. The summed E-state index contributed by atoms with van der Waals surface area (Å²) in [5, 5.41) is 0.493. The summed E-state index contributed by atoms with van der Waals surface area (Å²) in [5.74, 6) is -0.204. The maximum Gasteiger partial charge on any atom is 0.273 e. The molecule has 6 heteroatoms. The van der Waals surface area contributed by atoms with E-state index in [4.69, 9.17) is 29.6 Å². The van der Waals surface area contributed by atoms with Crippen LogP contribution in [0.5, 0.6) is 0 Å². The lowest BCUT2D eigenvalue weighted by Gasteiger charge is -2.25. The number of carbonyl (C=O) groups excluding carboxylic acids is 1. The minimum absolute atomic E-state index is 0.00137. The third kappa shape index (κ3) is 3.94. The van der Waals surface area contributed by atoms with Crippen LogP contribution in [0.15, 0.2) is 18.3 Å². The Morgan fingerprint density at radius 1 is 1.59 bits per heavy atom. The Morgan fingerprint density at radius 2 is 2.24 bits per heavy atom. The quantitative estimate of drug-likeness (QED) is 0.850. The predicted molar refractivity (Wildman–Crippen MR) is 72.2 cm³/mol. The van der Waals surface area contributed by atoms with E-state index in [0.717, 1.165) is 0 Å². The van der Waals surface area contributed by atoms with Crippen molar-refractivity contribution >= 4 is 34.7 Å². The Bertz CT molecular complexity index is 419. The summed E-state index contributed by atoms with van der Waals surface area (Å²) in [6.07, 6.45) is 1.44. The number of hydrogen-bond donors (Lipinski definition) is 1. The van der Waals surface area contributed by atoms with Crippen molar-refractivity contribution < 1.29 is 4.79 Å². The Hall–Kier alpha value is -1.20. The number of hydrogen-bond acceptors (Lipinski definition) is 3. The number of carbonyl (C=O) groups is 1. The molecular weight excluding hydrogens is 258 g/mol. The van der Waals surface area contributed by atoms with Gasteiger partial charge in [-0.25, -0.2) is 4.98 Å². The van der Waals surface area contributed by atoms with E-state index < -0.39 is 0 Å². The first-order valence-electron chi connectivity index (χ1n) is 5.12. The SMILES string of the molecule is CC(C)N(CC(N)=S)C(=O)c1ccc(Cl)cn1. The molecule has 0 atom stereocenters. The maximum absolute atomic E-state index is 12.1. The van der Waals surface area contributed by atoms with Gasteiger partial charge >= 0.3 is 0 Å². The van der Waals surface area contributed by atoms with Crippen molar-refractivity contribution in [3.05, 3.63) is 29.0 Å². The van der Waals surface area contributed by atoms with E-state index in [1.807, 2.05) is 13.8 Å². The van der Waals surface area contributed by atoms with Crippen molar-refractivity contribution in [3.63, 3.8) is 0 Å². The molecule has 1 aromatic heterocycles. The molecule has 0 unspecified atom stereocenters. The average Bonchev–Trinajstić information content (AvgIpc) is 2.25. The number of rotatable bonds is 4. The third-order valence-corrected chi connectivity index (χ3v) is 2.51. The van der Waals surface area contributed by atoms with Crippen LogP contribution in [0.25, 0.3) is 0 Å². The molecule has 0 fully saturated rings. The lowest BCUT2D eigenvalue weighted by Crippen LogP contribution is -2.42. The molecule has 0 bridgehead atoms. The van der Waals surface area contributed by atoms with E-state index in [2.05, 4.69) is 4.98 Å². The van der Waals surface area contributed by atoms with Crippen molar-refractivity contribution in [1.29, 1.82) is 0 Å². The highest BCUT2D eigenvalue weighted by Gasteiger charge is 2.20. The van der Waals surface area contributed by atoms with Crippen LogP contribution in [0.3, 0.4) is 0 Å². The second-order valence-electron chi connectivity index (χ2n) is 3.85. The van der Waals surface area contributed by atoms with Gasteiger partial charge in [0.1, 0.15) is 5.69 Å². The van der Waals surface area contributed by atoms with E-state index in [1.54, 1.807) is 17.0 Å². The van der Waals surface area contributed by atoms with Gasteiger partial charge in [0, 0.05) is 12.2 Å². The smallest absolute Gasteiger partial charge is 0.273 e. The van der Waals surface area contributed by atoms with Gasteiger partial charge in [0.05, 0.1) is 16.6 Å². The lowest BCUT2D eigenvalue weighted by atomic mass is 10.2. The first kappa shape index (κ1) is 13.9. The van der Waals surface area contributed by atoms with Gasteiger partial charge in [0.25, 0.3) is 5.91 Å². The minimum Gasteiger partial charge on any atom is -0.392 e. The third-order valence-electron chi connectivity index (χ3n) is 2.16. The van der Waals surface area contributed by atoms with E-state index in [1.165, 1.54) is 6.20 Å². The Labute approximate surface area is 111 Å². The van der Waals surface area contributed by atoms with Gasteiger partial charge in [-0.3, -0.25) is 4.79 Å². The topological polar surface area (TPSA) is 59.2 Å². The van der Waals surface area contributed by atoms with Crippen LogP contribution < -0.4 is 5.73 Å². The highest BCUT2D eigenvalue weighted by atomic mass is 35.5. The van der Waals surface area contributed by atoms with Crippen LogP contribution >= 0.6 is 23.8 Å². The standard InChI is InChI=1S/C11H14ClN3OS/c1-7(2)15(6-10(13)17)11(16)9-4-3-8(12)5-14-9/h3-5,7H,6H2,1-2H3,(H2,13,17). The summed E-state index contributed by atoms with van der Waals surface area (Å²) in [6.45, 7) is 4.04. The zero-order valence-electron chi connectivity index (χ0n) is 9.68. The van der Waals surface area contributed by atoms with Gasteiger partial charge < -0.3 is 10.6 Å². The Kier molecular flexibility index (Phi) is 4.84. The molecule has 92 valence electrons. The summed E-state index contributed by atoms with van der Waals surface area (Å²) in [5.41, 5.74) is 5.80. The molecule has 0 spiro atoms. The van der Waals surface area contributed by atoms with E-state index in [9.17, 15) is 4.79 Å². The van der Waals surface area contributed by atoms with Crippen LogP contribution in [0.4, 0.5) is 0 Å². The molecule has 0 radical (unpaired) electrons. The van der Waals surface area contributed by atoms with Gasteiger partial charge in [-0.1, -0.05) is 23.8 Å². The van der Waals surface area contributed by atoms with Crippen LogP contribution in [0, 0.1) is 0 Å². The van der Waals surface area contributed by atoms with Crippen LogP contribution in [-0.4, -0.2) is 33.4 Å². The largest absolute Gasteiger partial charge is 0.392 e. The molecule has 1 aromatic rings. The van der Waals surface area contributed by atoms with Crippen LogP contribution in [-0.2, 0) is 0 Å². The van der Waals surface area contributed by atoms with Crippen LogP contribution in [0.2, 0.25) is 5.02 Å². The second kappa shape index (κ2) is 5.93. The number of amides is 1. The molecule has 0 aliphatic heterocycles. The van der Waals surface area contributed by atoms with E-state index in [0.29, 0.717) is 10.7 Å². The Morgan fingerprint density at radius 3 is 2.65 bits per heavy atom. The fourth-order valence-electron chi connectivity index (χ4n) is 1.31. The van der Waals surface area contributed by atoms with Gasteiger partial charge in [-0.05, 0) is 26.0 Å². The first-order chi connectivity index (χ1) is 7.91. The number of nitrogens with two attached hydrogens (primary N) is 1. The Balaban J connectivity index is 2.91. The second-order valence-corrected chi connectivity index (χ2v) is 4.82. The summed E-state index contributed by atoms with van der Waals surface area (Å²) in [7, 11) is 0. The molecule has 0 aromatic carbocycles. The molecule has 1 rings (SSSR count). The highest BCUT2D eigenvalue weighted by Crippen LogP contribution is 2.10. The van der Waals surface area contributed by atoms with Gasteiger partial charge in [-0.15, -0.1) is 0 Å². The molecule has 0 saturated heterocycles. The summed E-state index contributed by atoms with van der Waals surface area (Å²) >= 11 is 10.5. The average molecular weight is 272 g/mol. The van der Waals surface area contributed by atoms with Gasteiger partial charge in [0.2, 0.25) is 0 Å². The van der Waals surface area contributed by atoms with Crippen molar-refractivity contribution in [1.82, 2.24) is 9.88 Å². The fraction of sp³-hybridized carbons (Fsp3) is 0.364. The summed E-state index contributed by atoms with van der Waals surface area (Å²) in [6, 6.07) is 3.21. The zero-order chi connectivity index (χ0) is 13.0. The molecular formula is C11H14ClN3OS. The molecule has 2 N–H and O–H groups in total. The normalized spacial score (nSPS) is 10.4.